The normalized spacial score (nSPS) is 12.0. The maximum atomic E-state index is 13.6. The zero-order valence-corrected chi connectivity index (χ0v) is 28.1. The van der Waals surface area contributed by atoms with Gasteiger partial charge in [0, 0.05) is 56.3 Å². The third-order valence-corrected chi connectivity index (χ3v) is 9.19. The molecule has 0 bridgehead atoms. The molecule has 3 N–H and O–H groups in total. The summed E-state index contributed by atoms with van der Waals surface area (Å²) in [7, 11) is 0. The summed E-state index contributed by atoms with van der Waals surface area (Å²) < 4.78 is 2.25. The van der Waals surface area contributed by atoms with Gasteiger partial charge in [0.05, 0.1) is 15.7 Å². The van der Waals surface area contributed by atoms with Gasteiger partial charge >= 0.3 is 0 Å². The summed E-state index contributed by atoms with van der Waals surface area (Å²) in [5.74, 6) is -1.41. The number of amides is 3. The first-order chi connectivity index (χ1) is 24.2. The summed E-state index contributed by atoms with van der Waals surface area (Å²) in [4.78, 5) is 51.7. The Balaban J connectivity index is 1.18. The Morgan fingerprint density at radius 2 is 1.50 bits per heavy atom. The molecule has 0 spiro atoms. The van der Waals surface area contributed by atoms with Crippen LogP contribution in [0.4, 0.5) is 17.1 Å². The van der Waals surface area contributed by atoms with E-state index in [0.29, 0.717) is 16.9 Å². The van der Waals surface area contributed by atoms with Crippen LogP contribution in [0.3, 0.4) is 0 Å². The monoisotopic (exact) mass is 683 g/mol. The Morgan fingerprint density at radius 1 is 0.800 bits per heavy atom. The van der Waals surface area contributed by atoms with E-state index in [-0.39, 0.29) is 22.9 Å². The molecule has 0 saturated carbocycles. The molecule has 6 aromatic rings. The smallest absolute Gasteiger partial charge is 0.276 e. The van der Waals surface area contributed by atoms with Crippen LogP contribution in [-0.4, -0.2) is 32.5 Å². The maximum absolute atomic E-state index is 13.6. The van der Waals surface area contributed by atoms with E-state index in [4.69, 9.17) is 0 Å². The van der Waals surface area contributed by atoms with Gasteiger partial charge in [0.2, 0.25) is 5.91 Å². The Kier molecular flexibility index (Phi) is 10.1. The minimum atomic E-state index is -0.680. The number of nitrogens with one attached hydrogen (secondary N) is 3. The Bertz CT molecular complexity index is 2280. The van der Waals surface area contributed by atoms with Crippen molar-refractivity contribution in [1.29, 1.82) is 0 Å². The summed E-state index contributed by atoms with van der Waals surface area (Å²) in [5, 5.41) is 21.8. The highest BCUT2D eigenvalue weighted by Crippen LogP contribution is 2.32. The number of carbonyl (C=O) groups is 3. The Hall–Kier alpha value is -6.20. The van der Waals surface area contributed by atoms with Crippen molar-refractivity contribution in [1.82, 2.24) is 9.88 Å². The number of aryl methyl sites for hydroxylation is 1. The fraction of sp³-hybridized carbons (Fsp3) is 0.103. The lowest BCUT2D eigenvalue weighted by Crippen LogP contribution is -2.30. The molecule has 0 aliphatic carbocycles. The van der Waals surface area contributed by atoms with Gasteiger partial charge in [0.1, 0.15) is 5.70 Å². The second kappa shape index (κ2) is 14.9. The molecule has 250 valence electrons. The molecule has 50 heavy (non-hydrogen) atoms. The van der Waals surface area contributed by atoms with E-state index in [1.807, 2.05) is 36.4 Å². The molecular weight excluding hydrogens is 651 g/mol. The highest BCUT2D eigenvalue weighted by atomic mass is 32.2. The van der Waals surface area contributed by atoms with Gasteiger partial charge in [-0.1, -0.05) is 54.6 Å². The zero-order valence-electron chi connectivity index (χ0n) is 27.3. The van der Waals surface area contributed by atoms with Gasteiger partial charge in [-0.2, -0.15) is 0 Å². The van der Waals surface area contributed by atoms with E-state index in [0.717, 1.165) is 33.2 Å². The van der Waals surface area contributed by atoms with Gasteiger partial charge in [-0.15, -0.1) is 11.8 Å². The van der Waals surface area contributed by atoms with Crippen molar-refractivity contribution in [3.8, 4) is 0 Å². The predicted molar refractivity (Wildman–Crippen MR) is 199 cm³/mol. The molecule has 1 heterocycles. The van der Waals surface area contributed by atoms with Crippen LogP contribution in [0, 0.1) is 10.1 Å². The molecule has 0 aliphatic heterocycles. The van der Waals surface area contributed by atoms with E-state index >= 15 is 0 Å². The van der Waals surface area contributed by atoms with Gasteiger partial charge in [-0.05, 0) is 80.6 Å². The molecule has 0 radical (unpaired) electrons. The summed E-state index contributed by atoms with van der Waals surface area (Å²) in [6.07, 6.45) is 1.27. The van der Waals surface area contributed by atoms with Crippen molar-refractivity contribution in [2.75, 3.05) is 10.6 Å². The zero-order chi connectivity index (χ0) is 35.2. The first-order valence-electron chi connectivity index (χ1n) is 15.9. The number of hydrogen-bond acceptors (Lipinski definition) is 6. The van der Waals surface area contributed by atoms with Gasteiger partial charge in [0.25, 0.3) is 17.5 Å². The van der Waals surface area contributed by atoms with Crippen LogP contribution < -0.4 is 16.0 Å². The van der Waals surface area contributed by atoms with Gasteiger partial charge in [-0.25, -0.2) is 0 Å². The largest absolute Gasteiger partial charge is 0.341 e. The fourth-order valence-corrected chi connectivity index (χ4v) is 6.62. The van der Waals surface area contributed by atoms with Crippen molar-refractivity contribution < 1.29 is 19.3 Å². The third-order valence-electron chi connectivity index (χ3n) is 8.09. The van der Waals surface area contributed by atoms with E-state index in [2.05, 4.69) is 39.6 Å². The number of benzene rings is 5. The highest BCUT2D eigenvalue weighted by molar-refractivity contribution is 8.00. The molecule has 6 rings (SSSR count). The second-order valence-electron chi connectivity index (χ2n) is 11.4. The molecule has 0 aliphatic rings. The summed E-state index contributed by atoms with van der Waals surface area (Å²) in [6, 6.07) is 35.4. The molecule has 0 fully saturated rings. The van der Waals surface area contributed by atoms with Crippen LogP contribution in [0.5, 0.6) is 0 Å². The quantitative estimate of drug-likeness (QED) is 0.0545. The van der Waals surface area contributed by atoms with Crippen LogP contribution >= 0.6 is 11.8 Å². The number of nitro groups is 1. The van der Waals surface area contributed by atoms with Crippen molar-refractivity contribution in [2.24, 2.45) is 0 Å². The molecule has 0 saturated heterocycles. The SMILES string of the molecule is CCn1c2ccccc2c2cc(NC(=O)C(C)Sc3cccc(NC(=O)/C(=C\c4ccccc4[N+](=O)[O-])NC(=O)c4ccccc4)c3)ccc21. The van der Waals surface area contributed by atoms with Crippen LogP contribution in [-0.2, 0) is 16.1 Å². The number of thioether (sulfide) groups is 1. The van der Waals surface area contributed by atoms with E-state index in [1.165, 1.54) is 36.0 Å². The van der Waals surface area contributed by atoms with Crippen LogP contribution in [0.2, 0.25) is 0 Å². The van der Waals surface area contributed by atoms with Gasteiger partial charge in [0.15, 0.2) is 0 Å². The van der Waals surface area contributed by atoms with E-state index in [9.17, 15) is 24.5 Å². The van der Waals surface area contributed by atoms with Crippen LogP contribution in [0.25, 0.3) is 27.9 Å². The number of nitrogens with zero attached hydrogens (tertiary/aromatic N) is 2. The maximum Gasteiger partial charge on any atom is 0.276 e. The molecule has 1 atom stereocenters. The summed E-state index contributed by atoms with van der Waals surface area (Å²) >= 11 is 1.32. The number of para-hydroxylation sites is 2. The molecule has 3 amide bonds. The Labute approximate surface area is 292 Å². The average Bonchev–Trinajstić information content (AvgIpc) is 3.44. The fourth-order valence-electron chi connectivity index (χ4n) is 5.69. The highest BCUT2D eigenvalue weighted by Gasteiger charge is 2.20. The average molecular weight is 684 g/mol. The van der Waals surface area contributed by atoms with E-state index < -0.39 is 22.0 Å². The van der Waals surface area contributed by atoms with Gasteiger partial charge < -0.3 is 20.5 Å². The summed E-state index contributed by atoms with van der Waals surface area (Å²) in [6.45, 7) is 4.75. The lowest BCUT2D eigenvalue weighted by Gasteiger charge is -2.14. The number of rotatable bonds is 11. The van der Waals surface area contributed by atoms with Gasteiger partial charge in [-0.3, -0.25) is 24.5 Å². The lowest BCUT2D eigenvalue weighted by atomic mass is 10.1. The molecule has 11 heteroatoms. The number of carbonyl (C=O) groups excluding carboxylic acids is 3. The number of aromatic nitrogens is 1. The minimum Gasteiger partial charge on any atom is -0.341 e. The molecule has 5 aromatic carbocycles. The number of hydrogen-bond donors (Lipinski definition) is 3. The Morgan fingerprint density at radius 3 is 2.28 bits per heavy atom. The minimum absolute atomic E-state index is 0.149. The lowest BCUT2D eigenvalue weighted by molar-refractivity contribution is -0.385. The number of anilines is 2. The summed E-state index contributed by atoms with van der Waals surface area (Å²) in [5.41, 5.74) is 3.42. The molecule has 1 aromatic heterocycles. The first kappa shape index (κ1) is 33.7. The molecular formula is C39H33N5O5S. The number of fused-ring (bicyclic) bond motifs is 3. The standard InChI is InChI=1S/C39H33N5O5S/c1-3-43-35-19-10-8-17-31(35)32-24-29(20-21-36(32)43)40-37(45)25(2)50-30-16-11-15-28(23-30)41-39(47)33(42-38(46)26-12-5-4-6-13-26)22-27-14-7-9-18-34(27)44(48)49/h4-25H,3H2,1-2H3,(H,40,45)(H,41,47)(H,42,46)/b33-22+. The predicted octanol–water partition coefficient (Wildman–Crippen LogP) is 8.25. The first-order valence-corrected chi connectivity index (χ1v) is 16.8. The second-order valence-corrected chi connectivity index (χ2v) is 12.8. The van der Waals surface area contributed by atoms with Crippen molar-refractivity contribution in [2.45, 2.75) is 30.5 Å². The van der Waals surface area contributed by atoms with Crippen LogP contribution in [0.15, 0.2) is 132 Å². The third kappa shape index (κ3) is 7.43. The van der Waals surface area contributed by atoms with Crippen molar-refractivity contribution >= 4 is 74.4 Å². The van der Waals surface area contributed by atoms with Crippen molar-refractivity contribution in [3.05, 3.63) is 148 Å². The molecule has 10 nitrogen and oxygen atoms in total. The topological polar surface area (TPSA) is 135 Å². The van der Waals surface area contributed by atoms with Crippen molar-refractivity contribution in [3.63, 3.8) is 0 Å². The van der Waals surface area contributed by atoms with E-state index in [1.54, 1.807) is 61.5 Å². The van der Waals surface area contributed by atoms with Crippen LogP contribution in [0.1, 0.15) is 29.8 Å². The number of nitro benzene ring substituents is 1. The molecule has 1 unspecified atom stereocenters.